The summed E-state index contributed by atoms with van der Waals surface area (Å²) >= 11 is 1.33. The van der Waals surface area contributed by atoms with Crippen molar-refractivity contribution in [3.05, 3.63) is 23.9 Å². The lowest BCUT2D eigenvalue weighted by Crippen LogP contribution is -2.45. The minimum absolute atomic E-state index is 0.109. The number of nitrogens with two attached hydrogens (primary N) is 1. The molecule has 1 atom stereocenters. The molecule has 2 heterocycles. The van der Waals surface area contributed by atoms with Gasteiger partial charge in [-0.15, -0.1) is 0 Å². The van der Waals surface area contributed by atoms with E-state index < -0.39 is 5.54 Å². The predicted octanol–water partition coefficient (Wildman–Crippen LogP) is 1.65. The molecule has 24 heavy (non-hydrogen) atoms. The number of carbonyl (C=O) groups is 2. The highest BCUT2D eigenvalue weighted by Crippen LogP contribution is 2.26. The molecule has 2 rings (SSSR count). The standard InChI is InChI=1S/C17H26N4O2S/c1-12(16(23)21-9-4-5-10-21)24-15-13(7-6-8-19-15)14(22)20-11-17(2,3)18/h6-8,12H,4-5,9-11,18H2,1-3H3,(H,20,22). The fraction of sp³-hybridized carbons (Fsp3) is 0.588. The molecule has 2 amide bonds. The summed E-state index contributed by atoms with van der Waals surface area (Å²) in [5, 5.41) is 3.13. The molecule has 1 aliphatic heterocycles. The third-order valence-corrected chi connectivity index (χ3v) is 4.88. The van der Waals surface area contributed by atoms with E-state index in [1.54, 1.807) is 18.3 Å². The van der Waals surface area contributed by atoms with Crippen LogP contribution in [0.1, 0.15) is 44.0 Å². The van der Waals surface area contributed by atoms with Gasteiger partial charge in [-0.2, -0.15) is 0 Å². The molecule has 3 N–H and O–H groups in total. The normalized spacial score (nSPS) is 16.1. The summed E-state index contributed by atoms with van der Waals surface area (Å²) in [4.78, 5) is 31.0. The SMILES string of the molecule is CC(Sc1ncccc1C(=O)NCC(C)(C)N)C(=O)N1CCCC1. The second-order valence-corrected chi connectivity index (χ2v) is 8.15. The van der Waals surface area contributed by atoms with E-state index in [0.717, 1.165) is 25.9 Å². The van der Waals surface area contributed by atoms with Crippen LogP contribution in [0.5, 0.6) is 0 Å². The summed E-state index contributed by atoms with van der Waals surface area (Å²) in [7, 11) is 0. The zero-order valence-electron chi connectivity index (χ0n) is 14.5. The minimum Gasteiger partial charge on any atom is -0.350 e. The minimum atomic E-state index is -0.482. The van der Waals surface area contributed by atoms with E-state index in [1.807, 2.05) is 25.7 Å². The Morgan fingerprint density at radius 3 is 2.71 bits per heavy atom. The van der Waals surface area contributed by atoms with Crippen LogP contribution in [0.25, 0.3) is 0 Å². The van der Waals surface area contributed by atoms with Crippen LogP contribution in [0.15, 0.2) is 23.4 Å². The Hall–Kier alpha value is -1.60. The second-order valence-electron chi connectivity index (χ2n) is 6.82. The van der Waals surface area contributed by atoms with Crippen LogP contribution in [-0.4, -0.2) is 52.1 Å². The van der Waals surface area contributed by atoms with E-state index in [2.05, 4.69) is 10.3 Å². The maximum Gasteiger partial charge on any atom is 0.254 e. The molecular weight excluding hydrogens is 324 g/mol. The highest BCUT2D eigenvalue weighted by molar-refractivity contribution is 8.00. The fourth-order valence-corrected chi connectivity index (χ4v) is 3.47. The zero-order chi connectivity index (χ0) is 17.7. The predicted molar refractivity (Wildman–Crippen MR) is 96.0 cm³/mol. The van der Waals surface area contributed by atoms with Gasteiger partial charge in [0.1, 0.15) is 5.03 Å². The Morgan fingerprint density at radius 2 is 2.08 bits per heavy atom. The van der Waals surface area contributed by atoms with Gasteiger partial charge in [0.2, 0.25) is 5.91 Å². The number of nitrogens with zero attached hydrogens (tertiary/aromatic N) is 2. The van der Waals surface area contributed by atoms with Crippen molar-refractivity contribution in [2.75, 3.05) is 19.6 Å². The first-order valence-corrected chi connectivity index (χ1v) is 9.13. The van der Waals surface area contributed by atoms with Gasteiger partial charge < -0.3 is 16.0 Å². The molecule has 0 radical (unpaired) electrons. The molecular formula is C17H26N4O2S. The van der Waals surface area contributed by atoms with Crippen LogP contribution < -0.4 is 11.1 Å². The number of nitrogens with one attached hydrogen (secondary N) is 1. The summed E-state index contributed by atoms with van der Waals surface area (Å²) in [6.45, 7) is 7.58. The summed E-state index contributed by atoms with van der Waals surface area (Å²) in [6, 6.07) is 3.45. The lowest BCUT2D eigenvalue weighted by Gasteiger charge is -2.21. The van der Waals surface area contributed by atoms with Gasteiger partial charge in [-0.25, -0.2) is 4.98 Å². The van der Waals surface area contributed by atoms with Crippen molar-refractivity contribution in [3.8, 4) is 0 Å². The summed E-state index contributed by atoms with van der Waals surface area (Å²) < 4.78 is 0. The number of carbonyl (C=O) groups excluding carboxylic acids is 2. The quantitative estimate of drug-likeness (QED) is 0.762. The Morgan fingerprint density at radius 1 is 1.42 bits per heavy atom. The Kier molecular flexibility index (Phi) is 6.23. The third kappa shape index (κ3) is 5.21. The molecule has 0 saturated carbocycles. The van der Waals surface area contributed by atoms with E-state index >= 15 is 0 Å². The molecule has 1 aliphatic rings. The van der Waals surface area contributed by atoms with Crippen molar-refractivity contribution < 1.29 is 9.59 Å². The van der Waals surface area contributed by atoms with Crippen molar-refractivity contribution in [2.45, 2.75) is 49.4 Å². The number of rotatable bonds is 6. The molecule has 6 nitrogen and oxygen atoms in total. The molecule has 0 aromatic carbocycles. The Bertz CT molecular complexity index is 594. The van der Waals surface area contributed by atoms with Crippen LogP contribution >= 0.6 is 11.8 Å². The van der Waals surface area contributed by atoms with E-state index in [4.69, 9.17) is 5.73 Å². The maximum atomic E-state index is 12.4. The molecule has 1 unspecified atom stereocenters. The molecule has 1 fully saturated rings. The largest absolute Gasteiger partial charge is 0.350 e. The smallest absolute Gasteiger partial charge is 0.254 e. The van der Waals surface area contributed by atoms with Crippen LogP contribution in [0.3, 0.4) is 0 Å². The molecule has 7 heteroatoms. The first-order chi connectivity index (χ1) is 11.3. The van der Waals surface area contributed by atoms with Gasteiger partial charge in [0.05, 0.1) is 10.8 Å². The van der Waals surface area contributed by atoms with Gasteiger partial charge in [-0.3, -0.25) is 9.59 Å². The van der Waals surface area contributed by atoms with Crippen molar-refractivity contribution in [2.24, 2.45) is 5.73 Å². The number of aromatic nitrogens is 1. The molecule has 0 spiro atoms. The van der Waals surface area contributed by atoms with Crippen molar-refractivity contribution >= 4 is 23.6 Å². The first-order valence-electron chi connectivity index (χ1n) is 8.25. The summed E-state index contributed by atoms with van der Waals surface area (Å²) in [6.07, 6.45) is 3.77. The van der Waals surface area contributed by atoms with Crippen LogP contribution in [0.2, 0.25) is 0 Å². The second kappa shape index (κ2) is 7.98. The van der Waals surface area contributed by atoms with Gasteiger partial charge in [0, 0.05) is 31.4 Å². The number of hydrogen-bond acceptors (Lipinski definition) is 5. The lowest BCUT2D eigenvalue weighted by atomic mass is 10.1. The average Bonchev–Trinajstić information content (AvgIpc) is 3.06. The number of amides is 2. The third-order valence-electron chi connectivity index (χ3n) is 3.77. The maximum absolute atomic E-state index is 12.4. The molecule has 1 aromatic heterocycles. The highest BCUT2D eigenvalue weighted by atomic mass is 32.2. The van der Waals surface area contributed by atoms with Gasteiger partial charge in [0.25, 0.3) is 5.91 Å². The van der Waals surface area contributed by atoms with Crippen molar-refractivity contribution in [3.63, 3.8) is 0 Å². The fourth-order valence-electron chi connectivity index (χ4n) is 2.47. The number of likely N-dealkylation sites (tertiary alicyclic amines) is 1. The highest BCUT2D eigenvalue weighted by Gasteiger charge is 2.26. The van der Waals surface area contributed by atoms with Crippen LogP contribution in [-0.2, 0) is 4.79 Å². The van der Waals surface area contributed by atoms with E-state index in [0.29, 0.717) is 17.1 Å². The van der Waals surface area contributed by atoms with Gasteiger partial charge in [0.15, 0.2) is 0 Å². The molecule has 1 aromatic rings. The first kappa shape index (κ1) is 18.7. The monoisotopic (exact) mass is 350 g/mol. The number of hydrogen-bond donors (Lipinski definition) is 2. The topological polar surface area (TPSA) is 88.3 Å². The van der Waals surface area contributed by atoms with Crippen molar-refractivity contribution in [1.82, 2.24) is 15.2 Å². The van der Waals surface area contributed by atoms with Gasteiger partial charge in [-0.05, 0) is 45.7 Å². The van der Waals surface area contributed by atoms with Crippen LogP contribution in [0, 0.1) is 0 Å². The Labute approximate surface area is 147 Å². The van der Waals surface area contributed by atoms with E-state index in [-0.39, 0.29) is 17.1 Å². The van der Waals surface area contributed by atoms with Gasteiger partial charge >= 0.3 is 0 Å². The molecule has 0 bridgehead atoms. The van der Waals surface area contributed by atoms with E-state index in [9.17, 15) is 9.59 Å². The number of thioether (sulfide) groups is 1. The average molecular weight is 350 g/mol. The number of pyridine rings is 1. The lowest BCUT2D eigenvalue weighted by molar-refractivity contribution is -0.129. The molecule has 132 valence electrons. The van der Waals surface area contributed by atoms with E-state index in [1.165, 1.54) is 11.8 Å². The summed E-state index contributed by atoms with van der Waals surface area (Å²) in [5.74, 6) is -0.109. The molecule has 1 saturated heterocycles. The zero-order valence-corrected chi connectivity index (χ0v) is 15.4. The van der Waals surface area contributed by atoms with Crippen LogP contribution in [0.4, 0.5) is 0 Å². The van der Waals surface area contributed by atoms with Gasteiger partial charge in [-0.1, -0.05) is 11.8 Å². The Balaban J connectivity index is 2.05. The molecule has 0 aliphatic carbocycles. The van der Waals surface area contributed by atoms with Crippen molar-refractivity contribution in [1.29, 1.82) is 0 Å². The summed E-state index contributed by atoms with van der Waals surface area (Å²) in [5.41, 5.74) is 5.90.